The highest BCUT2D eigenvalue weighted by Gasteiger charge is 2.25. The Hall–Kier alpha value is -7.94. The van der Waals surface area contributed by atoms with Gasteiger partial charge in [0.05, 0.1) is 0 Å². The second-order valence-electron chi connectivity index (χ2n) is 15.3. The molecule has 0 amide bonds. The topological polar surface area (TPSA) is 12.5 Å². The fraction of sp³-hybridized carbons (Fsp3) is 0. The maximum atomic E-state index is 7.09. The van der Waals surface area contributed by atoms with Crippen molar-refractivity contribution in [2.45, 2.75) is 0 Å². The van der Waals surface area contributed by atoms with Gasteiger partial charge in [0.25, 0.3) is 0 Å². The summed E-state index contributed by atoms with van der Waals surface area (Å²) in [6.45, 7) is 0. The van der Waals surface area contributed by atoms with Gasteiger partial charge < -0.3 is 9.64 Å². The van der Waals surface area contributed by atoms with Crippen molar-refractivity contribution in [1.29, 1.82) is 0 Å². The van der Waals surface area contributed by atoms with E-state index < -0.39 is 0 Å². The predicted molar refractivity (Wildman–Crippen MR) is 251 cm³/mol. The first-order chi connectivity index (χ1) is 29.7. The molecule has 282 valence electrons. The van der Waals surface area contributed by atoms with Gasteiger partial charge in [0.15, 0.2) is 0 Å². The summed E-state index contributed by atoms with van der Waals surface area (Å²) >= 11 is 0. The van der Waals surface area contributed by atoms with Gasteiger partial charge in [-0.2, -0.15) is 0 Å². The zero-order valence-corrected chi connectivity index (χ0v) is 32.9. The molecule has 0 atom stereocenters. The molecule has 0 aromatic heterocycles. The molecule has 1 aliphatic rings. The van der Waals surface area contributed by atoms with Gasteiger partial charge >= 0.3 is 0 Å². The van der Waals surface area contributed by atoms with Crippen molar-refractivity contribution in [2.24, 2.45) is 0 Å². The highest BCUT2D eigenvalue weighted by Crippen LogP contribution is 2.52. The van der Waals surface area contributed by atoms with E-state index in [0.717, 1.165) is 56.4 Å². The molecule has 11 rings (SSSR count). The number of hydrogen-bond acceptors (Lipinski definition) is 2. The lowest BCUT2D eigenvalue weighted by molar-refractivity contribution is 0.488. The third-order valence-electron chi connectivity index (χ3n) is 11.7. The molecule has 0 bridgehead atoms. The molecule has 1 heterocycles. The summed E-state index contributed by atoms with van der Waals surface area (Å²) in [7, 11) is 0. The van der Waals surface area contributed by atoms with Gasteiger partial charge in [0.2, 0.25) is 0 Å². The number of rotatable bonds is 7. The van der Waals surface area contributed by atoms with Crippen molar-refractivity contribution in [3.63, 3.8) is 0 Å². The van der Waals surface area contributed by atoms with Crippen LogP contribution in [0.4, 0.5) is 17.1 Å². The first-order valence-corrected chi connectivity index (χ1v) is 20.5. The predicted octanol–water partition coefficient (Wildman–Crippen LogP) is 16.4. The largest absolute Gasteiger partial charge is 0.456 e. The molecule has 2 nitrogen and oxygen atoms in total. The van der Waals surface area contributed by atoms with Crippen molar-refractivity contribution in [2.75, 3.05) is 4.90 Å². The minimum absolute atomic E-state index is 0.815. The molecule has 0 fully saturated rings. The van der Waals surface area contributed by atoms with Crippen LogP contribution in [0.3, 0.4) is 0 Å². The monoisotopic (exact) mass is 765 g/mol. The molecule has 10 aromatic carbocycles. The number of fused-ring (bicyclic) bond motifs is 6. The molecule has 0 aliphatic carbocycles. The highest BCUT2D eigenvalue weighted by molar-refractivity contribution is 6.04. The minimum Gasteiger partial charge on any atom is -0.456 e. The number of nitrogens with zero attached hydrogens (tertiary/aromatic N) is 1. The van der Waals surface area contributed by atoms with Crippen LogP contribution >= 0.6 is 0 Å². The average Bonchev–Trinajstić information content (AvgIpc) is 3.47. The lowest BCUT2D eigenvalue weighted by atomic mass is 9.88. The molecular weight excluding hydrogens is 727 g/mol. The minimum atomic E-state index is 0.815. The molecule has 0 radical (unpaired) electrons. The Morgan fingerprint density at radius 3 is 1.35 bits per heavy atom. The molecule has 0 spiro atoms. The van der Waals surface area contributed by atoms with Crippen molar-refractivity contribution < 1.29 is 4.74 Å². The first kappa shape index (κ1) is 35.2. The van der Waals surface area contributed by atoms with E-state index in [0.29, 0.717) is 0 Å². The van der Waals surface area contributed by atoms with Gasteiger partial charge in [-0.1, -0.05) is 188 Å². The van der Waals surface area contributed by atoms with Crippen molar-refractivity contribution >= 4 is 27.8 Å². The number of hydrogen-bond donors (Lipinski definition) is 0. The van der Waals surface area contributed by atoms with Gasteiger partial charge in [-0.3, -0.25) is 0 Å². The van der Waals surface area contributed by atoms with Crippen LogP contribution < -0.4 is 9.64 Å². The summed E-state index contributed by atoms with van der Waals surface area (Å²) in [6, 6.07) is 84.6. The van der Waals surface area contributed by atoms with Gasteiger partial charge in [-0.25, -0.2) is 0 Å². The van der Waals surface area contributed by atoms with Crippen LogP contribution in [0.2, 0.25) is 0 Å². The number of anilines is 3. The number of ether oxygens (including phenoxy) is 1. The van der Waals surface area contributed by atoms with Crippen LogP contribution in [0.5, 0.6) is 11.5 Å². The molecule has 10 aromatic rings. The summed E-state index contributed by atoms with van der Waals surface area (Å²) in [5, 5.41) is 2.44. The zero-order valence-electron chi connectivity index (χ0n) is 32.9. The Labute approximate surface area is 350 Å². The maximum absolute atomic E-state index is 7.09. The van der Waals surface area contributed by atoms with Crippen molar-refractivity contribution in [3.05, 3.63) is 237 Å². The lowest BCUT2D eigenvalue weighted by Crippen LogP contribution is -2.10. The number of benzene rings is 10. The van der Waals surface area contributed by atoms with E-state index in [1.165, 1.54) is 49.7 Å². The van der Waals surface area contributed by atoms with E-state index in [2.05, 4.69) is 241 Å². The van der Waals surface area contributed by atoms with E-state index in [9.17, 15) is 0 Å². The first-order valence-electron chi connectivity index (χ1n) is 20.5. The summed E-state index contributed by atoms with van der Waals surface area (Å²) in [6.07, 6.45) is 0. The van der Waals surface area contributed by atoms with E-state index in [-0.39, 0.29) is 0 Å². The van der Waals surface area contributed by atoms with E-state index in [1.54, 1.807) is 0 Å². The lowest BCUT2D eigenvalue weighted by Gasteiger charge is -2.27. The molecule has 1 aliphatic heterocycles. The Kier molecular flexibility index (Phi) is 8.87. The Morgan fingerprint density at radius 2 is 0.717 bits per heavy atom. The Balaban J connectivity index is 1.02. The van der Waals surface area contributed by atoms with Crippen LogP contribution in [-0.4, -0.2) is 0 Å². The van der Waals surface area contributed by atoms with Crippen LogP contribution in [0.25, 0.3) is 77.5 Å². The van der Waals surface area contributed by atoms with E-state index >= 15 is 0 Å². The molecular formula is C58H39NO. The van der Waals surface area contributed by atoms with Crippen LogP contribution in [0.15, 0.2) is 237 Å². The summed E-state index contributed by atoms with van der Waals surface area (Å²) in [5.74, 6) is 1.65. The molecule has 0 N–H and O–H groups in total. The quantitative estimate of drug-likeness (QED) is 0.160. The van der Waals surface area contributed by atoms with E-state index in [1.807, 2.05) is 0 Å². The van der Waals surface area contributed by atoms with Crippen LogP contribution in [-0.2, 0) is 0 Å². The second-order valence-corrected chi connectivity index (χ2v) is 15.3. The standard InChI is InChI=1S/C58H39NO/c1-3-13-40(14-4-1)42-25-27-43(28-26-42)45-31-35-48(36-32-45)59(47-33-29-44(30-34-47)41-15-5-2-6-16-41)49-37-38-53-52-20-9-10-21-54(52)58-55(23-12-24-56(58)60-57(53)39-49)51-22-11-18-46-17-7-8-19-50(46)51/h1-39H. The van der Waals surface area contributed by atoms with Gasteiger partial charge in [-0.15, -0.1) is 0 Å². The third kappa shape index (κ3) is 6.41. The molecule has 60 heavy (non-hydrogen) atoms. The van der Waals surface area contributed by atoms with Crippen LogP contribution in [0.1, 0.15) is 0 Å². The van der Waals surface area contributed by atoms with Crippen molar-refractivity contribution in [3.8, 4) is 78.3 Å². The van der Waals surface area contributed by atoms with Crippen LogP contribution in [0, 0.1) is 0 Å². The summed E-state index contributed by atoms with van der Waals surface area (Å²) < 4.78 is 7.09. The molecule has 2 heteroatoms. The second kappa shape index (κ2) is 15.1. The zero-order chi connectivity index (χ0) is 39.8. The fourth-order valence-electron chi connectivity index (χ4n) is 8.76. The Bertz CT molecular complexity index is 3130. The van der Waals surface area contributed by atoms with Crippen molar-refractivity contribution in [1.82, 2.24) is 0 Å². The van der Waals surface area contributed by atoms with Gasteiger partial charge in [-0.05, 0) is 109 Å². The average molecular weight is 766 g/mol. The molecule has 0 saturated heterocycles. The van der Waals surface area contributed by atoms with Gasteiger partial charge in [0.1, 0.15) is 11.5 Å². The summed E-state index contributed by atoms with van der Waals surface area (Å²) in [5.41, 5.74) is 17.1. The SMILES string of the molecule is c1ccc(-c2ccc(-c3ccc(N(c4ccc(-c5ccccc5)cc4)c4ccc5c(c4)Oc4cccc(-c6cccc7ccccc67)c4-c4ccccc4-5)cc3)cc2)cc1. The molecule has 0 saturated carbocycles. The summed E-state index contributed by atoms with van der Waals surface area (Å²) in [4.78, 5) is 2.32. The smallest absolute Gasteiger partial charge is 0.137 e. The fourth-order valence-corrected chi connectivity index (χ4v) is 8.76. The normalized spacial score (nSPS) is 11.5. The highest BCUT2D eigenvalue weighted by atomic mass is 16.5. The van der Waals surface area contributed by atoms with Gasteiger partial charge in [0, 0.05) is 34.3 Å². The maximum Gasteiger partial charge on any atom is 0.137 e. The third-order valence-corrected chi connectivity index (χ3v) is 11.7. The molecule has 0 unspecified atom stereocenters. The Morgan fingerprint density at radius 1 is 0.267 bits per heavy atom. The van der Waals surface area contributed by atoms with E-state index in [4.69, 9.17) is 4.74 Å².